The molecule has 0 unspecified atom stereocenters. The minimum atomic E-state index is 0.426. The van der Waals surface area contributed by atoms with Gasteiger partial charge in [0.1, 0.15) is 17.2 Å². The third kappa shape index (κ3) is 2.74. The van der Waals surface area contributed by atoms with Gasteiger partial charge in [0.2, 0.25) is 0 Å². The molecular formula is C19H17ClN6. The molecule has 0 aliphatic carbocycles. The molecule has 3 aromatic heterocycles. The first kappa shape index (κ1) is 16.4. The Morgan fingerprint density at radius 1 is 1.08 bits per heavy atom. The molecule has 0 atom stereocenters. The lowest BCUT2D eigenvalue weighted by atomic mass is 10.2. The van der Waals surface area contributed by atoms with Crippen molar-refractivity contribution in [3.8, 4) is 17.1 Å². The number of benzene rings is 1. The second-order valence-electron chi connectivity index (χ2n) is 5.80. The summed E-state index contributed by atoms with van der Waals surface area (Å²) in [5.41, 5.74) is 10.4. The largest absolute Gasteiger partial charge is 0.383 e. The van der Waals surface area contributed by atoms with E-state index >= 15 is 0 Å². The van der Waals surface area contributed by atoms with Crippen LogP contribution in [0.5, 0.6) is 0 Å². The van der Waals surface area contributed by atoms with Gasteiger partial charge in [-0.15, -0.1) is 11.6 Å². The molecule has 0 spiro atoms. The van der Waals surface area contributed by atoms with Gasteiger partial charge in [0, 0.05) is 24.8 Å². The molecule has 0 amide bonds. The molecule has 0 saturated carbocycles. The molecule has 0 fully saturated rings. The van der Waals surface area contributed by atoms with E-state index in [0.717, 1.165) is 33.8 Å². The minimum Gasteiger partial charge on any atom is -0.383 e. The van der Waals surface area contributed by atoms with Gasteiger partial charge >= 0.3 is 0 Å². The van der Waals surface area contributed by atoms with Crippen LogP contribution in [0, 0.1) is 0 Å². The quantitative estimate of drug-likeness (QED) is 0.537. The second kappa shape index (κ2) is 6.65. The Morgan fingerprint density at radius 3 is 2.58 bits per heavy atom. The zero-order valence-electron chi connectivity index (χ0n) is 14.1. The first-order valence-electron chi connectivity index (χ1n) is 8.14. The highest BCUT2D eigenvalue weighted by Crippen LogP contribution is 2.30. The first-order valence-corrected chi connectivity index (χ1v) is 8.68. The van der Waals surface area contributed by atoms with E-state index in [1.807, 2.05) is 60.1 Å². The van der Waals surface area contributed by atoms with E-state index in [1.165, 1.54) is 0 Å². The summed E-state index contributed by atoms with van der Waals surface area (Å²) in [5, 5.41) is 3.07. The van der Waals surface area contributed by atoms with Crippen LogP contribution < -0.4 is 11.1 Å². The van der Waals surface area contributed by atoms with Crippen LogP contribution in [-0.2, 0) is 5.88 Å². The average molecular weight is 365 g/mol. The molecule has 4 aromatic rings. The van der Waals surface area contributed by atoms with Crippen LogP contribution >= 0.6 is 11.6 Å². The average Bonchev–Trinajstić information content (AvgIpc) is 3.06. The molecule has 130 valence electrons. The fourth-order valence-corrected chi connectivity index (χ4v) is 3.04. The summed E-state index contributed by atoms with van der Waals surface area (Å²) in [6.45, 7) is 0. The highest BCUT2D eigenvalue weighted by molar-refractivity contribution is 6.17. The number of imidazole rings is 1. The number of nitrogens with two attached hydrogens (primary N) is 1. The zero-order chi connectivity index (χ0) is 18.1. The van der Waals surface area contributed by atoms with Crippen LogP contribution in [0.15, 0.2) is 54.7 Å². The van der Waals surface area contributed by atoms with E-state index in [4.69, 9.17) is 27.3 Å². The van der Waals surface area contributed by atoms with E-state index in [9.17, 15) is 0 Å². The molecule has 0 aliphatic rings. The Morgan fingerprint density at radius 2 is 1.88 bits per heavy atom. The summed E-state index contributed by atoms with van der Waals surface area (Å²) in [5.74, 6) is 2.36. The van der Waals surface area contributed by atoms with Gasteiger partial charge < -0.3 is 11.1 Å². The molecule has 0 saturated heterocycles. The number of aromatic nitrogens is 4. The summed E-state index contributed by atoms with van der Waals surface area (Å²) in [4.78, 5) is 13.7. The maximum absolute atomic E-state index is 6.11. The number of nitrogen functional groups attached to an aromatic ring is 1. The van der Waals surface area contributed by atoms with Crippen molar-refractivity contribution < 1.29 is 0 Å². The number of anilines is 2. The van der Waals surface area contributed by atoms with Crippen LogP contribution in [0.3, 0.4) is 0 Å². The van der Waals surface area contributed by atoms with E-state index in [1.54, 1.807) is 6.20 Å². The summed E-state index contributed by atoms with van der Waals surface area (Å²) in [6.07, 6.45) is 1.67. The predicted octanol–water partition coefficient (Wildman–Crippen LogP) is 3.85. The van der Waals surface area contributed by atoms with E-state index in [0.29, 0.717) is 17.5 Å². The van der Waals surface area contributed by atoms with Crippen molar-refractivity contribution in [2.24, 2.45) is 0 Å². The number of halogens is 1. The van der Waals surface area contributed by atoms with Crippen LogP contribution in [0.25, 0.3) is 28.2 Å². The summed E-state index contributed by atoms with van der Waals surface area (Å²) < 4.78 is 1.99. The smallest absolute Gasteiger partial charge is 0.167 e. The third-order valence-electron chi connectivity index (χ3n) is 4.19. The molecule has 7 heteroatoms. The SMILES string of the molecule is CNc1ccc2nc(-c3cccnc3N)n(-c3ccc(CCl)cc3)c2n1. The molecule has 0 aliphatic heterocycles. The number of rotatable bonds is 4. The number of nitrogens with one attached hydrogen (secondary N) is 1. The molecule has 0 bridgehead atoms. The van der Waals surface area contributed by atoms with Crippen molar-refractivity contribution in [2.45, 2.75) is 5.88 Å². The maximum atomic E-state index is 6.11. The van der Waals surface area contributed by atoms with Gasteiger partial charge in [-0.2, -0.15) is 0 Å². The second-order valence-corrected chi connectivity index (χ2v) is 6.06. The van der Waals surface area contributed by atoms with Crippen molar-refractivity contribution in [3.05, 3.63) is 60.3 Å². The van der Waals surface area contributed by atoms with Crippen LogP contribution in [-0.4, -0.2) is 26.6 Å². The monoisotopic (exact) mass is 364 g/mol. The lowest BCUT2D eigenvalue weighted by Gasteiger charge is -2.11. The molecule has 26 heavy (non-hydrogen) atoms. The molecule has 1 aromatic carbocycles. The molecule has 6 nitrogen and oxygen atoms in total. The molecular weight excluding hydrogens is 348 g/mol. The lowest BCUT2D eigenvalue weighted by molar-refractivity contribution is 1.07. The topological polar surface area (TPSA) is 81.6 Å². The number of alkyl halides is 1. The van der Waals surface area contributed by atoms with Gasteiger partial charge in [-0.3, -0.25) is 4.57 Å². The highest BCUT2D eigenvalue weighted by Gasteiger charge is 2.18. The first-order chi connectivity index (χ1) is 12.7. The Kier molecular flexibility index (Phi) is 4.18. The van der Waals surface area contributed by atoms with Crippen LogP contribution in [0.1, 0.15) is 5.56 Å². The maximum Gasteiger partial charge on any atom is 0.167 e. The van der Waals surface area contributed by atoms with Crippen LogP contribution in [0.4, 0.5) is 11.6 Å². The van der Waals surface area contributed by atoms with Gasteiger partial charge in [0.25, 0.3) is 0 Å². The molecule has 0 radical (unpaired) electrons. The van der Waals surface area contributed by atoms with Crippen molar-refractivity contribution >= 4 is 34.4 Å². The Labute approximate surface area is 155 Å². The van der Waals surface area contributed by atoms with Gasteiger partial charge in [-0.05, 0) is 42.0 Å². The Hall–Kier alpha value is -3.12. The lowest BCUT2D eigenvalue weighted by Crippen LogP contribution is -2.02. The Balaban J connectivity index is 2.03. The fourth-order valence-electron chi connectivity index (χ4n) is 2.86. The number of pyridine rings is 2. The van der Waals surface area contributed by atoms with Crippen molar-refractivity contribution in [1.82, 2.24) is 19.5 Å². The molecule has 4 rings (SSSR count). The standard InChI is InChI=1S/C19H17ClN6/c1-22-16-9-8-15-19(25-16)26(13-6-4-12(11-20)5-7-13)18(24-15)14-3-2-10-23-17(14)21/h2-10H,11H2,1H3,(H2,21,23)(H,22,25). The number of hydrogen-bond donors (Lipinski definition) is 2. The minimum absolute atomic E-state index is 0.426. The molecule has 3 heterocycles. The van der Waals surface area contributed by atoms with Gasteiger partial charge in [0.05, 0.1) is 5.56 Å². The Bertz CT molecular complexity index is 1070. The summed E-state index contributed by atoms with van der Waals surface area (Å²) in [7, 11) is 1.84. The van der Waals surface area contributed by atoms with Crippen molar-refractivity contribution in [1.29, 1.82) is 0 Å². The van der Waals surface area contributed by atoms with Gasteiger partial charge in [-0.25, -0.2) is 15.0 Å². The highest BCUT2D eigenvalue weighted by atomic mass is 35.5. The normalized spacial score (nSPS) is 11.0. The number of nitrogens with zero attached hydrogens (tertiary/aromatic N) is 4. The van der Waals surface area contributed by atoms with Gasteiger partial charge in [0.15, 0.2) is 11.5 Å². The number of hydrogen-bond acceptors (Lipinski definition) is 5. The summed E-state index contributed by atoms with van der Waals surface area (Å²) in [6, 6.07) is 15.6. The van der Waals surface area contributed by atoms with E-state index in [2.05, 4.69) is 10.3 Å². The predicted molar refractivity (Wildman–Crippen MR) is 106 cm³/mol. The third-order valence-corrected chi connectivity index (χ3v) is 4.50. The zero-order valence-corrected chi connectivity index (χ0v) is 14.9. The van der Waals surface area contributed by atoms with E-state index < -0.39 is 0 Å². The molecule has 3 N–H and O–H groups in total. The van der Waals surface area contributed by atoms with E-state index in [-0.39, 0.29) is 0 Å². The summed E-state index contributed by atoms with van der Waals surface area (Å²) >= 11 is 5.92. The van der Waals surface area contributed by atoms with Crippen LogP contribution in [0.2, 0.25) is 0 Å². The van der Waals surface area contributed by atoms with Crippen molar-refractivity contribution in [3.63, 3.8) is 0 Å². The number of fused-ring (bicyclic) bond motifs is 1. The van der Waals surface area contributed by atoms with Crippen molar-refractivity contribution in [2.75, 3.05) is 18.1 Å². The fraction of sp³-hybridized carbons (Fsp3) is 0.105. The van der Waals surface area contributed by atoms with Gasteiger partial charge in [-0.1, -0.05) is 12.1 Å².